The van der Waals surface area contributed by atoms with Crippen molar-refractivity contribution in [3.63, 3.8) is 0 Å². The molecule has 0 spiro atoms. The summed E-state index contributed by atoms with van der Waals surface area (Å²) in [6.07, 6.45) is -2.67. The van der Waals surface area contributed by atoms with Gasteiger partial charge in [0.1, 0.15) is 57.3 Å². The molecule has 0 bridgehead atoms. The molecule has 22 nitrogen and oxygen atoms in total. The minimum absolute atomic E-state index is 0.0660. The van der Waals surface area contributed by atoms with E-state index in [1.165, 1.54) is 114 Å². The van der Waals surface area contributed by atoms with Gasteiger partial charge in [-0.2, -0.15) is 10.5 Å². The van der Waals surface area contributed by atoms with E-state index in [4.69, 9.17) is 38.9 Å². The lowest BCUT2D eigenvalue weighted by Gasteiger charge is -2.21. The number of hydrogen-bond acceptors (Lipinski definition) is 20. The Morgan fingerprint density at radius 1 is 0.474 bits per heavy atom. The fourth-order valence-electron chi connectivity index (χ4n) is 8.10. The predicted molar refractivity (Wildman–Crippen MR) is 285 cm³/mol. The van der Waals surface area contributed by atoms with Crippen LogP contribution >= 0.6 is 0 Å². The Morgan fingerprint density at radius 3 is 1.09 bits per heavy atom. The third kappa shape index (κ3) is 12.2. The van der Waals surface area contributed by atoms with Gasteiger partial charge in [0, 0.05) is 12.1 Å². The average molecular weight is 1100 g/mol. The van der Waals surface area contributed by atoms with Gasteiger partial charge in [0.05, 0.1) is 88.6 Å². The number of benzene rings is 4. The summed E-state index contributed by atoms with van der Waals surface area (Å²) in [4.78, 5) is 8.89. The molecular formula is C54H54N10O12S2. The number of para-hydroxylation sites is 2. The van der Waals surface area contributed by atoms with Crippen LogP contribution in [-0.4, -0.2) is 120 Å². The number of rotatable bonds is 20. The van der Waals surface area contributed by atoms with Gasteiger partial charge in [0.25, 0.3) is 0 Å². The van der Waals surface area contributed by atoms with E-state index >= 15 is 0 Å². The zero-order valence-electron chi connectivity index (χ0n) is 43.5. The average Bonchev–Trinajstić information content (AvgIpc) is 4.19. The van der Waals surface area contributed by atoms with Gasteiger partial charge in [-0.25, -0.2) is 26.8 Å². The molecule has 0 unspecified atom stereocenters. The van der Waals surface area contributed by atoms with E-state index in [0.29, 0.717) is 79.8 Å². The fraction of sp³-hybridized carbons (Fsp3) is 0.259. The molecule has 0 aliphatic carbocycles. The predicted octanol–water partition coefficient (Wildman–Crippen LogP) is 6.53. The van der Waals surface area contributed by atoms with Crippen molar-refractivity contribution in [1.82, 2.24) is 39.5 Å². The van der Waals surface area contributed by atoms with E-state index in [-0.39, 0.29) is 23.3 Å². The van der Waals surface area contributed by atoms with Gasteiger partial charge in [-0.3, -0.25) is 9.13 Å². The molecule has 0 saturated carbocycles. The molecule has 8 aromatic rings. The molecule has 24 heteroatoms. The highest BCUT2D eigenvalue weighted by atomic mass is 32.2. The fourth-order valence-corrected chi connectivity index (χ4v) is 10.8. The summed E-state index contributed by atoms with van der Waals surface area (Å²) in [6.45, 7) is 2.85. The van der Waals surface area contributed by atoms with E-state index in [0.717, 1.165) is 0 Å². The molecule has 4 heterocycles. The number of pyridine rings is 2. The van der Waals surface area contributed by atoms with Crippen LogP contribution in [0.15, 0.2) is 121 Å². The normalized spacial score (nSPS) is 12.8. The molecular weight excluding hydrogens is 1040 g/mol. The summed E-state index contributed by atoms with van der Waals surface area (Å²) in [5, 5.41) is 54.4. The number of hydrogen-bond donors (Lipinski definition) is 2. The lowest BCUT2D eigenvalue weighted by Crippen LogP contribution is -2.28. The number of aliphatic hydroxyl groups excluding tert-OH is 2. The van der Waals surface area contributed by atoms with Crippen molar-refractivity contribution in [3.05, 3.63) is 155 Å². The van der Waals surface area contributed by atoms with Gasteiger partial charge in [-0.15, -0.1) is 20.4 Å². The first kappa shape index (κ1) is 56.8. The number of nitrogens with zero attached hydrogens (tertiary/aromatic N) is 10. The summed E-state index contributed by atoms with van der Waals surface area (Å²) >= 11 is 0. The Balaban J connectivity index is 0.000000226. The van der Waals surface area contributed by atoms with Gasteiger partial charge in [0.15, 0.2) is 43.0 Å². The molecule has 2 N–H and O–H groups in total. The maximum Gasteiger partial charge on any atom is 0.213 e. The van der Waals surface area contributed by atoms with Crippen molar-refractivity contribution in [2.24, 2.45) is 0 Å². The van der Waals surface area contributed by atoms with E-state index in [2.05, 4.69) is 30.4 Å². The van der Waals surface area contributed by atoms with Crippen molar-refractivity contribution in [1.29, 1.82) is 10.5 Å². The monoisotopic (exact) mass is 1100 g/mol. The van der Waals surface area contributed by atoms with Gasteiger partial charge in [-0.05, 0) is 85.6 Å². The maximum atomic E-state index is 13.6. The van der Waals surface area contributed by atoms with E-state index in [9.17, 15) is 27.0 Å². The van der Waals surface area contributed by atoms with Crippen molar-refractivity contribution in [2.45, 2.75) is 48.1 Å². The summed E-state index contributed by atoms with van der Waals surface area (Å²) in [5.74, 6) is 1.73. The second-order valence-electron chi connectivity index (χ2n) is 17.1. The first-order valence-electron chi connectivity index (χ1n) is 23.6. The number of nitriles is 2. The Labute approximate surface area is 450 Å². The number of methoxy groups -OCH3 is 6. The lowest BCUT2D eigenvalue weighted by molar-refractivity contribution is 0.175. The topological polar surface area (TPSA) is 299 Å². The van der Waals surface area contributed by atoms with Crippen LogP contribution in [0.5, 0.6) is 34.8 Å². The van der Waals surface area contributed by atoms with Gasteiger partial charge >= 0.3 is 0 Å². The summed E-state index contributed by atoms with van der Waals surface area (Å²) in [7, 11) is 0.923. The molecule has 8 rings (SSSR count). The molecule has 0 amide bonds. The Bertz CT molecular complexity index is 3420. The number of ether oxygens (including phenoxy) is 6. The number of sulfone groups is 2. The molecule has 0 saturated heterocycles. The van der Waals surface area contributed by atoms with Gasteiger partial charge in [-0.1, -0.05) is 48.5 Å². The lowest BCUT2D eigenvalue weighted by atomic mass is 10.1. The highest BCUT2D eigenvalue weighted by molar-refractivity contribution is 7.91. The van der Waals surface area contributed by atoms with Crippen molar-refractivity contribution in [2.75, 3.05) is 42.7 Å². The minimum atomic E-state index is -3.99. The summed E-state index contributed by atoms with van der Waals surface area (Å²) < 4.78 is 90.2. The van der Waals surface area contributed by atoms with Crippen LogP contribution in [0.1, 0.15) is 60.0 Å². The first-order valence-corrected chi connectivity index (χ1v) is 27.0. The zero-order valence-corrected chi connectivity index (χ0v) is 45.2. The molecule has 0 aliphatic heterocycles. The zero-order chi connectivity index (χ0) is 56.3. The third-order valence-corrected chi connectivity index (χ3v) is 16.6. The quantitative estimate of drug-likeness (QED) is 0.0820. The number of aliphatic hydroxyl groups is 2. The van der Waals surface area contributed by atoms with E-state index in [1.54, 1.807) is 72.8 Å². The minimum Gasteiger partial charge on any atom is -0.494 e. The van der Waals surface area contributed by atoms with Crippen molar-refractivity contribution >= 4 is 19.7 Å². The SMILES string of the molecule is COc1cccc(-c2nnc(CS(=O)(=O)[C@@H](C)[C@@H](O)c3ccc(C#N)cc3)n2-c2c(OC)cccc2OC)n1.COc1cccc(-c2nnc(CS(=O)(=O)[C@@H](C)[C@H](O)c3ccc(C#N)cc3)n2-c2c(OC)cccc2OC)n1. The first-order chi connectivity index (χ1) is 37.5. The molecule has 0 fully saturated rings. The molecule has 0 aliphatic rings. The van der Waals surface area contributed by atoms with Crippen LogP contribution in [0.3, 0.4) is 0 Å². The highest BCUT2D eigenvalue weighted by Crippen LogP contribution is 2.39. The molecule has 78 heavy (non-hydrogen) atoms. The summed E-state index contributed by atoms with van der Waals surface area (Å²) in [5.41, 5.74) is 3.08. The van der Waals surface area contributed by atoms with Gasteiger partial charge in [0.2, 0.25) is 11.8 Å². The Morgan fingerprint density at radius 2 is 0.795 bits per heavy atom. The largest absolute Gasteiger partial charge is 0.494 e. The van der Waals surface area contributed by atoms with E-state index < -0.39 is 53.9 Å². The highest BCUT2D eigenvalue weighted by Gasteiger charge is 2.35. The van der Waals surface area contributed by atoms with Crippen LogP contribution in [-0.2, 0) is 31.2 Å². The van der Waals surface area contributed by atoms with Crippen molar-refractivity contribution in [3.8, 4) is 81.3 Å². The number of aromatic nitrogens is 8. The summed E-state index contributed by atoms with van der Waals surface area (Å²) in [6, 6.07) is 36.7. The Hall–Kier alpha value is -8.94. The Kier molecular flexibility index (Phi) is 18.1. The van der Waals surface area contributed by atoms with Crippen LogP contribution in [0, 0.1) is 22.7 Å². The van der Waals surface area contributed by atoms with Gasteiger partial charge < -0.3 is 38.6 Å². The standard InChI is InChI=1S/2C27H27N5O6S/c2*1-17(26(33)19-13-11-18(15-28)12-14-19)39(34,35)16-23-30-31-27(20-7-5-10-24(29-20)38-4)32(23)25-21(36-2)8-6-9-22(25)37-3/h2*5-14,17,26,33H,16H2,1-4H3/t17-,26+;17-,26-/m00/s1. The van der Waals surface area contributed by atoms with Crippen molar-refractivity contribution < 1.29 is 55.5 Å². The molecule has 4 aromatic carbocycles. The van der Waals surface area contributed by atoms with Crippen LogP contribution in [0.2, 0.25) is 0 Å². The molecule has 4 aromatic heterocycles. The maximum absolute atomic E-state index is 13.6. The molecule has 0 radical (unpaired) electrons. The van der Waals surface area contributed by atoms with Crippen LogP contribution in [0.25, 0.3) is 34.4 Å². The van der Waals surface area contributed by atoms with Crippen LogP contribution in [0.4, 0.5) is 0 Å². The third-order valence-electron chi connectivity index (χ3n) is 12.5. The smallest absolute Gasteiger partial charge is 0.213 e. The molecule has 4 atom stereocenters. The van der Waals surface area contributed by atoms with Crippen LogP contribution < -0.4 is 28.4 Å². The second kappa shape index (κ2) is 24.8. The van der Waals surface area contributed by atoms with E-state index in [1.807, 2.05) is 12.1 Å². The second-order valence-corrected chi connectivity index (χ2v) is 21.8. The molecule has 404 valence electrons.